The molecule has 0 fully saturated rings. The van der Waals surface area contributed by atoms with Crippen molar-refractivity contribution in [1.29, 1.82) is 0 Å². The Morgan fingerprint density at radius 1 is 1.11 bits per heavy atom. The van der Waals surface area contributed by atoms with E-state index in [9.17, 15) is 13.2 Å². The average Bonchev–Trinajstić information content (AvgIpc) is 2.69. The highest BCUT2D eigenvalue weighted by Gasteiger charge is 2.29. The lowest BCUT2D eigenvalue weighted by atomic mass is 10.2. The highest BCUT2D eigenvalue weighted by atomic mass is 32.2. The van der Waals surface area contributed by atoms with E-state index in [1.807, 2.05) is 6.92 Å². The lowest BCUT2D eigenvalue weighted by Gasteiger charge is -2.26. The molecular weight excluding hydrogens is 378 g/mol. The van der Waals surface area contributed by atoms with Crippen LogP contribution < -0.4 is 9.04 Å². The number of carbonyl (C=O) groups excluding carboxylic acids is 1. The molecule has 6 nitrogen and oxygen atoms in total. The van der Waals surface area contributed by atoms with E-state index < -0.39 is 16.0 Å². The summed E-state index contributed by atoms with van der Waals surface area (Å²) in [4.78, 5) is 12.4. The first-order valence-electron chi connectivity index (χ1n) is 8.89. The molecule has 0 saturated heterocycles. The fraction of sp³-hybridized carbons (Fsp3) is 0.286. The fourth-order valence-electron chi connectivity index (χ4n) is 2.63. The summed E-state index contributed by atoms with van der Waals surface area (Å²) >= 11 is 0. The number of rotatable bonds is 8. The third-order valence-electron chi connectivity index (χ3n) is 4.16. The summed E-state index contributed by atoms with van der Waals surface area (Å²) in [5.74, 6) is -0.165. The van der Waals surface area contributed by atoms with Gasteiger partial charge >= 0.3 is 5.97 Å². The molecule has 0 unspecified atom stereocenters. The van der Waals surface area contributed by atoms with E-state index in [1.54, 1.807) is 68.5 Å². The molecule has 2 rings (SSSR count). The van der Waals surface area contributed by atoms with Crippen LogP contribution in [0.3, 0.4) is 0 Å². The summed E-state index contributed by atoms with van der Waals surface area (Å²) < 4.78 is 38.5. The van der Waals surface area contributed by atoms with Gasteiger partial charge in [-0.25, -0.2) is 13.2 Å². The fourth-order valence-corrected chi connectivity index (χ4v) is 4.08. The van der Waals surface area contributed by atoms with Crippen molar-refractivity contribution in [3.63, 3.8) is 0 Å². The average molecular weight is 404 g/mol. The molecule has 0 radical (unpaired) electrons. The molecule has 0 bridgehead atoms. The number of hydrogen-bond acceptors (Lipinski definition) is 5. The second kappa shape index (κ2) is 9.41. The Morgan fingerprint density at radius 2 is 1.75 bits per heavy atom. The molecule has 2 aromatic rings. The predicted octanol–water partition coefficient (Wildman–Crippen LogP) is 3.71. The lowest BCUT2D eigenvalue weighted by Crippen LogP contribution is -2.35. The minimum Gasteiger partial charge on any atom is -0.495 e. The maximum Gasteiger partial charge on any atom is 0.335 e. The van der Waals surface area contributed by atoms with E-state index in [-0.39, 0.29) is 23.6 Å². The summed E-state index contributed by atoms with van der Waals surface area (Å²) in [5.41, 5.74) is 1.53. The SMILES string of the molecule is C/C=C(/CN(c1ccccc1OC)S(=O)(=O)c1ccc(C)cc1)C(=O)OCC. The van der Waals surface area contributed by atoms with E-state index in [1.165, 1.54) is 11.4 Å². The van der Waals surface area contributed by atoms with Gasteiger partial charge in [0.1, 0.15) is 5.75 Å². The van der Waals surface area contributed by atoms with Crippen LogP contribution in [0.15, 0.2) is 65.1 Å². The molecule has 7 heteroatoms. The van der Waals surface area contributed by atoms with Gasteiger partial charge in [-0.2, -0.15) is 0 Å². The monoisotopic (exact) mass is 403 g/mol. The van der Waals surface area contributed by atoms with Gasteiger partial charge in [0.05, 0.1) is 36.4 Å². The van der Waals surface area contributed by atoms with Gasteiger partial charge in [0.15, 0.2) is 0 Å². The van der Waals surface area contributed by atoms with Crippen molar-refractivity contribution >= 4 is 21.7 Å². The number of anilines is 1. The van der Waals surface area contributed by atoms with Crippen LogP contribution in [0.5, 0.6) is 5.75 Å². The van der Waals surface area contributed by atoms with Gasteiger partial charge in [0, 0.05) is 0 Å². The van der Waals surface area contributed by atoms with E-state index in [2.05, 4.69) is 0 Å². The maximum absolute atomic E-state index is 13.4. The van der Waals surface area contributed by atoms with Gasteiger partial charge in [-0.1, -0.05) is 35.9 Å². The standard InChI is InChI=1S/C21H25NO5S/c1-5-17(21(23)27-6-2)15-22(19-9-7-8-10-20(19)26-4)28(24,25)18-13-11-16(3)12-14-18/h5,7-14H,6,15H2,1-4H3/b17-5-. The van der Waals surface area contributed by atoms with Crippen LogP contribution in [-0.2, 0) is 19.6 Å². The third kappa shape index (κ3) is 4.72. The molecule has 0 amide bonds. The quantitative estimate of drug-likeness (QED) is 0.496. The van der Waals surface area contributed by atoms with E-state index in [0.29, 0.717) is 11.4 Å². The molecule has 0 spiro atoms. The van der Waals surface area contributed by atoms with Crippen LogP contribution in [0.25, 0.3) is 0 Å². The van der Waals surface area contributed by atoms with Crippen molar-refractivity contribution < 1.29 is 22.7 Å². The number of aryl methyl sites for hydroxylation is 1. The summed E-state index contributed by atoms with van der Waals surface area (Å²) in [6, 6.07) is 13.3. The molecule has 150 valence electrons. The van der Waals surface area contributed by atoms with Gasteiger partial charge in [-0.15, -0.1) is 0 Å². The molecule has 0 aromatic heterocycles. The second-order valence-corrected chi connectivity index (χ2v) is 7.89. The van der Waals surface area contributed by atoms with Gasteiger partial charge in [0.25, 0.3) is 10.0 Å². The molecular formula is C21H25NO5S. The minimum atomic E-state index is -3.95. The van der Waals surface area contributed by atoms with Crippen LogP contribution in [0.1, 0.15) is 19.4 Å². The predicted molar refractivity (Wildman–Crippen MR) is 109 cm³/mol. The number of esters is 1. The van der Waals surface area contributed by atoms with Crippen molar-refractivity contribution in [2.75, 3.05) is 24.6 Å². The summed E-state index contributed by atoms with van der Waals surface area (Å²) in [6.07, 6.45) is 1.56. The number of carbonyl (C=O) groups is 1. The molecule has 0 aliphatic carbocycles. The highest BCUT2D eigenvalue weighted by molar-refractivity contribution is 7.92. The Balaban J connectivity index is 2.59. The zero-order chi connectivity index (χ0) is 20.7. The van der Waals surface area contributed by atoms with Crippen molar-refractivity contribution in [2.45, 2.75) is 25.7 Å². The van der Waals surface area contributed by atoms with Crippen molar-refractivity contribution in [2.24, 2.45) is 0 Å². The van der Waals surface area contributed by atoms with Crippen LogP contribution >= 0.6 is 0 Å². The largest absolute Gasteiger partial charge is 0.495 e. The van der Waals surface area contributed by atoms with Gasteiger partial charge < -0.3 is 9.47 Å². The summed E-state index contributed by atoms with van der Waals surface area (Å²) in [7, 11) is -2.48. The van der Waals surface area contributed by atoms with E-state index in [4.69, 9.17) is 9.47 Å². The summed E-state index contributed by atoms with van der Waals surface area (Å²) in [6.45, 7) is 5.28. The zero-order valence-corrected chi connectivity index (χ0v) is 17.3. The zero-order valence-electron chi connectivity index (χ0n) is 16.5. The number of sulfonamides is 1. The van der Waals surface area contributed by atoms with Crippen LogP contribution in [0, 0.1) is 6.92 Å². The van der Waals surface area contributed by atoms with Crippen molar-refractivity contribution in [3.8, 4) is 5.75 Å². The molecule has 0 N–H and O–H groups in total. The number of nitrogens with zero attached hydrogens (tertiary/aromatic N) is 1. The highest BCUT2D eigenvalue weighted by Crippen LogP contribution is 2.33. The Kier molecular flexibility index (Phi) is 7.23. The number of benzene rings is 2. The molecule has 2 aromatic carbocycles. The van der Waals surface area contributed by atoms with Crippen LogP contribution in [0.2, 0.25) is 0 Å². The topological polar surface area (TPSA) is 72.9 Å². The number of methoxy groups -OCH3 is 1. The minimum absolute atomic E-state index is 0.128. The maximum atomic E-state index is 13.4. The van der Waals surface area contributed by atoms with Crippen molar-refractivity contribution in [1.82, 2.24) is 0 Å². The molecule has 0 aliphatic heterocycles. The van der Waals surface area contributed by atoms with Crippen molar-refractivity contribution in [3.05, 3.63) is 65.7 Å². The first-order valence-corrected chi connectivity index (χ1v) is 10.3. The van der Waals surface area contributed by atoms with Gasteiger partial charge in [-0.3, -0.25) is 4.31 Å². The molecule has 0 heterocycles. The third-order valence-corrected chi connectivity index (χ3v) is 5.94. The molecule has 0 aliphatic rings. The second-order valence-electron chi connectivity index (χ2n) is 6.03. The van der Waals surface area contributed by atoms with E-state index >= 15 is 0 Å². The lowest BCUT2D eigenvalue weighted by molar-refractivity contribution is -0.138. The molecule has 0 saturated carbocycles. The number of ether oxygens (including phenoxy) is 2. The number of para-hydroxylation sites is 2. The van der Waals surface area contributed by atoms with Gasteiger partial charge in [0.2, 0.25) is 0 Å². The molecule has 28 heavy (non-hydrogen) atoms. The Morgan fingerprint density at radius 3 is 2.32 bits per heavy atom. The van der Waals surface area contributed by atoms with E-state index in [0.717, 1.165) is 5.56 Å². The smallest absolute Gasteiger partial charge is 0.335 e. The summed E-state index contributed by atoms with van der Waals surface area (Å²) in [5, 5.41) is 0. The first kappa shape index (κ1) is 21.5. The Labute approximate surface area is 166 Å². The Bertz CT molecular complexity index is 949. The first-order chi connectivity index (χ1) is 13.3. The molecule has 0 atom stereocenters. The normalized spacial score (nSPS) is 11.8. The van der Waals surface area contributed by atoms with Crippen LogP contribution in [-0.4, -0.2) is 34.6 Å². The van der Waals surface area contributed by atoms with Gasteiger partial charge in [-0.05, 0) is 45.0 Å². The number of allylic oxidation sites excluding steroid dienone is 1. The number of hydrogen-bond donors (Lipinski definition) is 0. The Hall–Kier alpha value is -2.80. The van der Waals surface area contributed by atoms with Crippen LogP contribution in [0.4, 0.5) is 5.69 Å².